The highest BCUT2D eigenvalue weighted by Crippen LogP contribution is 2.55. The van der Waals surface area contributed by atoms with Crippen LogP contribution in [-0.2, 0) is 22.3 Å². The number of nitrogens with zero attached hydrogens (tertiary/aromatic N) is 2. The minimum absolute atomic E-state index is 0.00187. The zero-order valence-corrected chi connectivity index (χ0v) is 24.4. The fraction of sp³-hybridized carbons (Fsp3) is 0.519. The van der Waals surface area contributed by atoms with E-state index in [-0.39, 0.29) is 12.1 Å². The Bertz CT molecular complexity index is 1390. The van der Waals surface area contributed by atoms with Gasteiger partial charge >= 0.3 is 0 Å². The first kappa shape index (κ1) is 24.3. The standard InChI is InChI=1S/C27H34ClN2O2PS2/c1-26(2,3)35(32)30-15-19(14-27(30,4)5)29-9-6-7-17-11-18(28)12-22(24(17)29)21-8-10-33(35)23-13-20(16-31)34-25(21)23/h8,10-13,19,31H,6-7,9,14-16H2,1-5H3/t19-,35?/m0/s1. The number of aryl methyl sites for hydroxylation is 1. The lowest BCUT2D eigenvalue weighted by Gasteiger charge is -2.40. The first-order chi connectivity index (χ1) is 16.5. The van der Waals surface area contributed by atoms with E-state index in [9.17, 15) is 5.11 Å². The topological polar surface area (TPSA) is 43.8 Å². The highest BCUT2D eigenvalue weighted by Gasteiger charge is 2.53. The first-order valence-corrected chi connectivity index (χ1v) is 17.2. The quantitative estimate of drug-likeness (QED) is 0.264. The summed E-state index contributed by atoms with van der Waals surface area (Å²) in [5.41, 5.74) is 4.79. The van der Waals surface area contributed by atoms with Gasteiger partial charge in [0.15, 0.2) is 9.30 Å². The molecule has 0 spiro atoms. The van der Waals surface area contributed by atoms with Gasteiger partial charge in [-0.3, -0.25) is 0 Å². The van der Waals surface area contributed by atoms with Crippen molar-refractivity contribution < 1.29 is 9.32 Å². The molecule has 35 heavy (non-hydrogen) atoms. The second-order valence-corrected chi connectivity index (χ2v) is 20.1. The van der Waals surface area contributed by atoms with Crippen molar-refractivity contribution in [3.63, 3.8) is 0 Å². The van der Waals surface area contributed by atoms with Crippen molar-refractivity contribution in [2.75, 3.05) is 18.0 Å². The molecule has 6 heterocycles. The first-order valence-electron chi connectivity index (χ1n) is 12.5. The molecule has 8 heteroatoms. The third-order valence-electron chi connectivity index (χ3n) is 7.94. The molecule has 5 aliphatic heterocycles. The molecule has 4 nitrogen and oxygen atoms in total. The maximum Gasteiger partial charge on any atom is 0.159 e. The maximum absolute atomic E-state index is 15.6. The summed E-state index contributed by atoms with van der Waals surface area (Å²) < 4.78 is 17.6. The molecule has 4 atom stereocenters. The number of anilines is 1. The van der Waals surface area contributed by atoms with Crippen LogP contribution in [0.5, 0.6) is 0 Å². The molecule has 2 aromatic rings. The maximum atomic E-state index is 15.6. The van der Waals surface area contributed by atoms with Crippen LogP contribution in [-0.4, -0.2) is 43.0 Å². The Hall–Kier alpha value is -1.01. The van der Waals surface area contributed by atoms with E-state index in [0.29, 0.717) is 6.04 Å². The molecule has 4 bridgehead atoms. The van der Waals surface area contributed by atoms with E-state index in [0.717, 1.165) is 58.0 Å². The van der Waals surface area contributed by atoms with Gasteiger partial charge in [-0.25, -0.2) is 4.21 Å². The van der Waals surface area contributed by atoms with E-state index in [1.807, 2.05) is 0 Å². The minimum atomic E-state index is -2.49. The Labute approximate surface area is 219 Å². The third kappa shape index (κ3) is 3.44. The summed E-state index contributed by atoms with van der Waals surface area (Å²) in [5, 5.41) is 12.0. The van der Waals surface area contributed by atoms with Crippen molar-refractivity contribution in [2.24, 2.45) is 0 Å². The van der Waals surface area contributed by atoms with Crippen LogP contribution in [0.25, 0.3) is 5.57 Å². The van der Waals surface area contributed by atoms with Crippen LogP contribution in [0, 0.1) is 6.16 Å². The van der Waals surface area contributed by atoms with E-state index >= 15 is 4.21 Å². The number of hydrogen-bond acceptors (Lipinski definition) is 3. The molecule has 188 valence electrons. The molecule has 0 radical (unpaired) electrons. The summed E-state index contributed by atoms with van der Waals surface area (Å²) in [6.45, 7) is 11.7. The van der Waals surface area contributed by atoms with E-state index in [1.165, 1.54) is 16.8 Å². The minimum Gasteiger partial charge on any atom is -0.399 e. The number of halogens is 1. The lowest BCUT2D eigenvalue weighted by molar-refractivity contribution is 0.285. The van der Waals surface area contributed by atoms with Crippen LogP contribution in [0.2, 0.25) is 5.02 Å². The summed E-state index contributed by atoms with van der Waals surface area (Å²) in [6, 6.07) is 6.72. The summed E-state index contributed by atoms with van der Waals surface area (Å²) in [7, 11) is -2.49. The Balaban J connectivity index is 1.77. The Kier molecular flexibility index (Phi) is 5.56. The van der Waals surface area contributed by atoms with Crippen LogP contribution in [0.4, 0.5) is 5.69 Å². The Morgan fingerprint density at radius 2 is 2.14 bits per heavy atom. The van der Waals surface area contributed by atoms with Crippen LogP contribution < -0.4 is 10.2 Å². The van der Waals surface area contributed by atoms with E-state index in [2.05, 4.69) is 74.3 Å². The third-order valence-corrected chi connectivity index (χ3v) is 18.9. The van der Waals surface area contributed by atoms with Crippen molar-refractivity contribution in [1.82, 2.24) is 4.31 Å². The van der Waals surface area contributed by atoms with Gasteiger partial charge in [-0.05, 0) is 71.7 Å². The second kappa shape index (κ2) is 7.99. The summed E-state index contributed by atoms with van der Waals surface area (Å²) in [6.07, 6.45) is 7.60. The van der Waals surface area contributed by atoms with Crippen LogP contribution in [0.1, 0.15) is 68.3 Å². The van der Waals surface area contributed by atoms with Gasteiger partial charge in [0.05, 0.1) is 39.6 Å². The molecule has 1 fully saturated rings. The van der Waals surface area contributed by atoms with Crippen molar-refractivity contribution in [3.8, 4) is 0 Å². The number of rotatable bonds is 1. The van der Waals surface area contributed by atoms with E-state index in [4.69, 9.17) is 11.6 Å². The average Bonchev–Trinajstić information content (AvgIpc) is 3.35. The number of fused-ring (bicyclic) bond motifs is 1. The van der Waals surface area contributed by atoms with Gasteiger partial charge in [0.2, 0.25) is 0 Å². The number of aliphatic hydroxyl groups is 1. The molecule has 0 aliphatic carbocycles. The van der Waals surface area contributed by atoms with Gasteiger partial charge in [0, 0.05) is 35.4 Å². The van der Waals surface area contributed by atoms with Crippen LogP contribution in [0.15, 0.2) is 24.3 Å². The molecule has 0 amide bonds. The van der Waals surface area contributed by atoms with Gasteiger partial charge in [0.25, 0.3) is 0 Å². The van der Waals surface area contributed by atoms with Gasteiger partial charge in [-0.15, -0.1) is 0 Å². The molecule has 5 aliphatic rings. The zero-order valence-electron chi connectivity index (χ0n) is 21.1. The molecular weight excluding hydrogens is 515 g/mol. The van der Waals surface area contributed by atoms with E-state index in [1.54, 1.807) is 11.3 Å². The lowest BCUT2D eigenvalue weighted by atomic mass is 9.90. The summed E-state index contributed by atoms with van der Waals surface area (Å²) >= 11 is 8.36. The van der Waals surface area contributed by atoms with Crippen LogP contribution in [0.3, 0.4) is 0 Å². The summed E-state index contributed by atoms with van der Waals surface area (Å²) in [4.78, 5) is 4.70. The second-order valence-electron chi connectivity index (χ2n) is 11.7. The smallest absolute Gasteiger partial charge is 0.159 e. The van der Waals surface area contributed by atoms with Gasteiger partial charge < -0.3 is 10.0 Å². The monoisotopic (exact) mass is 548 g/mol. The van der Waals surface area contributed by atoms with Crippen LogP contribution >= 0.6 is 29.6 Å². The number of hydrogen-bond donors (Lipinski definition) is 1. The molecule has 7 rings (SSSR count). The molecule has 1 aromatic heterocycles. The predicted molar refractivity (Wildman–Crippen MR) is 152 cm³/mol. The van der Waals surface area contributed by atoms with E-state index < -0.39 is 20.7 Å². The van der Waals surface area contributed by atoms with Gasteiger partial charge in [-0.2, -0.15) is 16.0 Å². The lowest BCUT2D eigenvalue weighted by Crippen LogP contribution is -2.50. The molecule has 3 unspecified atom stereocenters. The Morgan fingerprint density at radius 1 is 1.37 bits per heavy atom. The number of benzene rings is 1. The van der Waals surface area contributed by atoms with Gasteiger partial charge in [-0.1, -0.05) is 29.3 Å². The van der Waals surface area contributed by atoms with Crippen molar-refractivity contribution >= 4 is 55.5 Å². The highest BCUT2D eigenvalue weighted by atomic mass is 35.5. The fourth-order valence-corrected chi connectivity index (χ4v) is 17.6. The molecule has 1 N–H and O–H groups in total. The predicted octanol–water partition coefficient (Wildman–Crippen LogP) is 6.14. The largest absolute Gasteiger partial charge is 0.399 e. The van der Waals surface area contributed by atoms with Crippen molar-refractivity contribution in [3.05, 3.63) is 56.3 Å². The Morgan fingerprint density at radius 3 is 2.86 bits per heavy atom. The normalized spacial score (nSPS) is 29.7. The highest BCUT2D eigenvalue weighted by molar-refractivity contribution is 8.32. The summed E-state index contributed by atoms with van der Waals surface area (Å²) in [5.74, 6) is 0. The fourth-order valence-electron chi connectivity index (χ4n) is 6.46. The number of aliphatic hydroxyl groups excluding tert-OH is 1. The zero-order chi connectivity index (χ0) is 24.9. The molecular formula is C27H34ClN2O2PS2. The average molecular weight is 549 g/mol. The van der Waals surface area contributed by atoms with Gasteiger partial charge in [0.1, 0.15) is 4.88 Å². The molecule has 1 saturated heterocycles. The number of allylic oxidation sites excluding steroid dienone is 1. The molecule has 0 saturated carbocycles. The number of thiophene rings is 1. The van der Waals surface area contributed by atoms with Crippen molar-refractivity contribution in [1.29, 1.82) is 0 Å². The SMILES string of the molecule is CC1(C)C[C@H]2CN1S(=O)(C(C)(C)C)=[P+]1[CH-]C=C(c3cc(Cl)cc4c3N2CCC4)c2[s+][c-](CO)cc21. The van der Waals surface area contributed by atoms with Crippen molar-refractivity contribution in [2.45, 2.75) is 76.8 Å². The molecule has 1 aromatic carbocycles.